The molecule has 2 rings (SSSR count). The van der Waals surface area contributed by atoms with Crippen LogP contribution >= 0.6 is 11.3 Å². The van der Waals surface area contributed by atoms with Gasteiger partial charge in [-0.3, -0.25) is 0 Å². The number of aromatic nitrogens is 1. The lowest BCUT2D eigenvalue weighted by Gasteiger charge is -2.15. The fraction of sp³-hybridized carbons (Fsp3) is 0.400. The van der Waals surface area contributed by atoms with Crippen LogP contribution in [0, 0.1) is 6.92 Å². The van der Waals surface area contributed by atoms with Crippen LogP contribution in [0.5, 0.6) is 5.75 Å². The summed E-state index contributed by atoms with van der Waals surface area (Å²) in [6.07, 6.45) is 0. The first-order chi connectivity index (χ1) is 9.63. The molecular weight excluding hydrogens is 272 g/mol. The Bertz CT molecular complexity index is 569. The van der Waals surface area contributed by atoms with Gasteiger partial charge in [-0.2, -0.15) is 0 Å². The van der Waals surface area contributed by atoms with Crippen LogP contribution in [-0.2, 0) is 6.61 Å². The molecule has 5 heteroatoms. The smallest absolute Gasteiger partial charge is 0.124 e. The summed E-state index contributed by atoms with van der Waals surface area (Å²) in [7, 11) is 0. The lowest BCUT2D eigenvalue weighted by molar-refractivity contribution is 0.267. The van der Waals surface area contributed by atoms with Crippen LogP contribution in [0.3, 0.4) is 0 Å². The van der Waals surface area contributed by atoms with Crippen LogP contribution in [0.2, 0.25) is 0 Å². The SMILES string of the molecule is CCOc1ccc(NC(C)c2csc(C)n2)cc1CO. The highest BCUT2D eigenvalue weighted by atomic mass is 32.1. The van der Waals surface area contributed by atoms with E-state index in [1.165, 1.54) is 0 Å². The van der Waals surface area contributed by atoms with Crippen LogP contribution in [0.1, 0.15) is 36.2 Å². The monoisotopic (exact) mass is 292 g/mol. The summed E-state index contributed by atoms with van der Waals surface area (Å²) in [6.45, 7) is 6.56. The fourth-order valence-electron chi connectivity index (χ4n) is 1.99. The van der Waals surface area contributed by atoms with Gasteiger partial charge in [0.1, 0.15) is 5.75 Å². The normalized spacial score (nSPS) is 12.2. The Labute approximate surface area is 123 Å². The number of hydrogen-bond donors (Lipinski definition) is 2. The maximum absolute atomic E-state index is 9.41. The Morgan fingerprint density at radius 3 is 2.85 bits per heavy atom. The van der Waals surface area contributed by atoms with Gasteiger partial charge in [-0.15, -0.1) is 11.3 Å². The van der Waals surface area contributed by atoms with E-state index in [0.717, 1.165) is 27.7 Å². The number of hydrogen-bond acceptors (Lipinski definition) is 5. The molecule has 20 heavy (non-hydrogen) atoms. The summed E-state index contributed by atoms with van der Waals surface area (Å²) in [5.74, 6) is 0.734. The Morgan fingerprint density at radius 2 is 2.25 bits per heavy atom. The lowest BCUT2D eigenvalue weighted by atomic mass is 10.1. The van der Waals surface area contributed by atoms with Crippen molar-refractivity contribution >= 4 is 17.0 Å². The quantitative estimate of drug-likeness (QED) is 0.855. The van der Waals surface area contributed by atoms with E-state index >= 15 is 0 Å². The standard InChI is InChI=1S/C15H20N2O2S/c1-4-19-15-6-5-13(7-12(15)8-18)16-10(2)14-9-20-11(3)17-14/h5-7,9-10,16,18H,4,8H2,1-3H3. The van der Waals surface area contributed by atoms with Gasteiger partial charge in [-0.1, -0.05) is 0 Å². The van der Waals surface area contributed by atoms with Crippen molar-refractivity contribution in [3.63, 3.8) is 0 Å². The summed E-state index contributed by atoms with van der Waals surface area (Å²) in [5.41, 5.74) is 2.78. The molecule has 108 valence electrons. The number of aliphatic hydroxyl groups is 1. The minimum Gasteiger partial charge on any atom is -0.494 e. The molecule has 0 aliphatic carbocycles. The molecule has 0 saturated carbocycles. The summed E-state index contributed by atoms with van der Waals surface area (Å²) in [4.78, 5) is 4.48. The van der Waals surface area contributed by atoms with Gasteiger partial charge < -0.3 is 15.2 Å². The predicted molar refractivity (Wildman–Crippen MR) is 82.4 cm³/mol. The molecule has 0 fully saturated rings. The van der Waals surface area contributed by atoms with Gasteiger partial charge in [0.15, 0.2) is 0 Å². The van der Waals surface area contributed by atoms with E-state index < -0.39 is 0 Å². The second-order valence-corrected chi connectivity index (χ2v) is 5.63. The zero-order chi connectivity index (χ0) is 14.5. The molecule has 0 spiro atoms. The highest BCUT2D eigenvalue weighted by molar-refractivity contribution is 7.09. The highest BCUT2D eigenvalue weighted by Crippen LogP contribution is 2.26. The maximum atomic E-state index is 9.41. The molecule has 0 bridgehead atoms. The first-order valence-corrected chi connectivity index (χ1v) is 7.57. The molecule has 0 aliphatic rings. The third-order valence-corrected chi connectivity index (χ3v) is 3.79. The summed E-state index contributed by atoms with van der Waals surface area (Å²) in [6, 6.07) is 5.89. The number of ether oxygens (including phenoxy) is 1. The van der Waals surface area contributed by atoms with Crippen molar-refractivity contribution in [2.24, 2.45) is 0 Å². The molecule has 1 aromatic heterocycles. The van der Waals surface area contributed by atoms with Gasteiger partial charge >= 0.3 is 0 Å². The number of thiazole rings is 1. The molecule has 2 aromatic rings. The second kappa shape index (κ2) is 6.72. The Kier molecular flexibility index (Phi) is 4.98. The van der Waals surface area contributed by atoms with Crippen LogP contribution in [0.4, 0.5) is 5.69 Å². The van der Waals surface area contributed by atoms with Gasteiger partial charge in [-0.25, -0.2) is 4.98 Å². The highest BCUT2D eigenvalue weighted by Gasteiger charge is 2.10. The molecule has 1 atom stereocenters. The average molecular weight is 292 g/mol. The number of rotatable bonds is 6. The van der Waals surface area contributed by atoms with Crippen LogP contribution in [0.25, 0.3) is 0 Å². The van der Waals surface area contributed by atoms with E-state index in [1.54, 1.807) is 11.3 Å². The third-order valence-electron chi connectivity index (χ3n) is 2.99. The zero-order valence-electron chi connectivity index (χ0n) is 12.0. The van der Waals surface area contributed by atoms with Crippen molar-refractivity contribution in [2.75, 3.05) is 11.9 Å². The molecule has 0 aliphatic heterocycles. The van der Waals surface area contributed by atoms with Crippen molar-refractivity contribution in [1.82, 2.24) is 4.98 Å². The number of aryl methyl sites for hydroxylation is 1. The Balaban J connectivity index is 2.13. The van der Waals surface area contributed by atoms with Crippen molar-refractivity contribution in [1.29, 1.82) is 0 Å². The molecular formula is C15H20N2O2S. The van der Waals surface area contributed by atoms with Crippen molar-refractivity contribution in [3.8, 4) is 5.75 Å². The van der Waals surface area contributed by atoms with E-state index in [-0.39, 0.29) is 12.6 Å². The van der Waals surface area contributed by atoms with Gasteiger partial charge in [0.2, 0.25) is 0 Å². The Morgan fingerprint density at radius 1 is 1.45 bits per heavy atom. The minimum absolute atomic E-state index is 0.0327. The molecule has 4 nitrogen and oxygen atoms in total. The second-order valence-electron chi connectivity index (χ2n) is 4.57. The zero-order valence-corrected chi connectivity index (χ0v) is 12.8. The van der Waals surface area contributed by atoms with E-state index in [1.807, 2.05) is 32.0 Å². The molecule has 1 aromatic carbocycles. The number of benzene rings is 1. The predicted octanol–water partition coefficient (Wildman–Crippen LogP) is 3.52. The first kappa shape index (κ1) is 14.8. The van der Waals surface area contributed by atoms with E-state index in [4.69, 9.17) is 4.74 Å². The molecule has 0 saturated heterocycles. The average Bonchev–Trinajstić information content (AvgIpc) is 2.87. The van der Waals surface area contributed by atoms with Crippen LogP contribution in [-0.4, -0.2) is 16.7 Å². The third kappa shape index (κ3) is 3.49. The number of nitrogens with one attached hydrogen (secondary N) is 1. The number of aliphatic hydroxyl groups excluding tert-OH is 1. The maximum Gasteiger partial charge on any atom is 0.124 e. The van der Waals surface area contributed by atoms with Crippen LogP contribution < -0.4 is 10.1 Å². The first-order valence-electron chi connectivity index (χ1n) is 6.69. The van der Waals surface area contributed by atoms with E-state index in [2.05, 4.69) is 22.6 Å². The molecule has 2 N–H and O–H groups in total. The fourth-order valence-corrected chi connectivity index (χ4v) is 2.70. The Hall–Kier alpha value is -1.59. The summed E-state index contributed by atoms with van der Waals surface area (Å²) in [5, 5.41) is 15.9. The van der Waals surface area contributed by atoms with Crippen molar-refractivity contribution in [3.05, 3.63) is 39.8 Å². The molecule has 1 unspecified atom stereocenters. The summed E-state index contributed by atoms with van der Waals surface area (Å²) >= 11 is 1.65. The van der Waals surface area contributed by atoms with Gasteiger partial charge in [-0.05, 0) is 39.0 Å². The molecule has 0 radical (unpaired) electrons. The summed E-state index contributed by atoms with van der Waals surface area (Å²) < 4.78 is 5.48. The van der Waals surface area contributed by atoms with Gasteiger partial charge in [0.25, 0.3) is 0 Å². The van der Waals surface area contributed by atoms with Crippen molar-refractivity contribution < 1.29 is 9.84 Å². The topological polar surface area (TPSA) is 54.4 Å². The van der Waals surface area contributed by atoms with E-state index in [0.29, 0.717) is 6.61 Å². The van der Waals surface area contributed by atoms with Gasteiger partial charge in [0.05, 0.1) is 30.0 Å². The largest absolute Gasteiger partial charge is 0.494 e. The van der Waals surface area contributed by atoms with Crippen molar-refractivity contribution in [2.45, 2.75) is 33.4 Å². The van der Waals surface area contributed by atoms with Gasteiger partial charge in [0, 0.05) is 16.6 Å². The molecule has 0 amide bonds. The van der Waals surface area contributed by atoms with Crippen LogP contribution in [0.15, 0.2) is 23.6 Å². The number of nitrogens with zero attached hydrogens (tertiary/aromatic N) is 1. The van der Waals surface area contributed by atoms with E-state index in [9.17, 15) is 5.11 Å². The number of anilines is 1. The molecule has 1 heterocycles. The lowest BCUT2D eigenvalue weighted by Crippen LogP contribution is -2.07. The minimum atomic E-state index is -0.0327.